The topological polar surface area (TPSA) is 58.0 Å². The summed E-state index contributed by atoms with van der Waals surface area (Å²) in [6.45, 7) is 8.58. The number of benzene rings is 4. The molecule has 7 rings (SSSR count). The van der Waals surface area contributed by atoms with Crippen LogP contribution in [0.15, 0.2) is 110 Å². The molecule has 0 aliphatic carbocycles. The minimum atomic E-state index is -0.119. The van der Waals surface area contributed by atoms with E-state index in [1.807, 2.05) is 88.7 Å². The Hall–Kier alpha value is -5.14. The van der Waals surface area contributed by atoms with Gasteiger partial charge < -0.3 is 19.1 Å². The molecule has 1 fully saturated rings. The Balaban J connectivity index is 1.20. The second kappa shape index (κ2) is 12.1. The van der Waals surface area contributed by atoms with E-state index in [1.165, 1.54) is 0 Å². The fraction of sp³-hybridized carbons (Fsp3) is 0.211. The van der Waals surface area contributed by atoms with Gasteiger partial charge in [0.15, 0.2) is 0 Å². The van der Waals surface area contributed by atoms with Crippen molar-refractivity contribution in [3.8, 4) is 16.9 Å². The van der Waals surface area contributed by atoms with E-state index in [2.05, 4.69) is 40.3 Å². The Bertz CT molecular complexity index is 1910. The van der Waals surface area contributed by atoms with Crippen molar-refractivity contribution in [2.45, 2.75) is 13.1 Å². The lowest BCUT2D eigenvalue weighted by Gasteiger charge is -2.34. The normalized spacial score (nSPS) is 14.9. The van der Waals surface area contributed by atoms with Gasteiger partial charge in [-0.05, 0) is 58.3 Å². The minimum Gasteiger partial charge on any atom is -0.496 e. The molecule has 2 amide bonds. The predicted octanol–water partition coefficient (Wildman–Crippen LogP) is 6.47. The highest BCUT2D eigenvalue weighted by atomic mass is 16.5. The third-order valence-electron chi connectivity index (χ3n) is 9.04. The molecule has 7 heteroatoms. The number of ether oxygens (including phenoxy) is 1. The average molecular weight is 597 g/mol. The van der Waals surface area contributed by atoms with Gasteiger partial charge in [-0.2, -0.15) is 0 Å². The molecule has 2 aliphatic heterocycles. The van der Waals surface area contributed by atoms with Crippen LogP contribution in [0.2, 0.25) is 0 Å². The molecule has 0 radical (unpaired) electrons. The minimum absolute atomic E-state index is 0.0329. The molecule has 5 aromatic rings. The first-order valence-corrected chi connectivity index (χ1v) is 15.4. The maximum absolute atomic E-state index is 14.3. The van der Waals surface area contributed by atoms with Crippen molar-refractivity contribution in [1.82, 2.24) is 14.4 Å². The molecule has 0 N–H and O–H groups in total. The number of anilines is 1. The number of rotatable bonds is 6. The monoisotopic (exact) mass is 596 g/mol. The van der Waals surface area contributed by atoms with Gasteiger partial charge >= 0.3 is 0 Å². The lowest BCUT2D eigenvalue weighted by molar-refractivity contribution is 0.0639. The van der Waals surface area contributed by atoms with Gasteiger partial charge in [-0.3, -0.25) is 14.5 Å². The number of hydrogen-bond acceptors (Lipinski definition) is 4. The number of carbonyl (C=O) groups is 2. The van der Waals surface area contributed by atoms with E-state index in [1.54, 1.807) is 7.11 Å². The summed E-state index contributed by atoms with van der Waals surface area (Å²) < 4.78 is 7.94. The Kier molecular flexibility index (Phi) is 7.69. The first-order valence-electron chi connectivity index (χ1n) is 15.4. The lowest BCUT2D eigenvalue weighted by atomic mass is 9.96. The van der Waals surface area contributed by atoms with Crippen LogP contribution in [0.1, 0.15) is 32.1 Å². The Labute approximate surface area is 263 Å². The number of para-hydroxylation sites is 1. The largest absolute Gasteiger partial charge is 0.496 e. The van der Waals surface area contributed by atoms with Crippen molar-refractivity contribution in [2.24, 2.45) is 0 Å². The molecule has 1 aromatic heterocycles. The van der Waals surface area contributed by atoms with Crippen LogP contribution in [0.5, 0.6) is 5.75 Å². The van der Waals surface area contributed by atoms with E-state index in [-0.39, 0.29) is 11.8 Å². The first-order chi connectivity index (χ1) is 22.1. The van der Waals surface area contributed by atoms with Crippen LogP contribution in [-0.4, -0.2) is 66.0 Å². The van der Waals surface area contributed by atoms with Gasteiger partial charge in [-0.15, -0.1) is 6.58 Å². The summed E-state index contributed by atoms with van der Waals surface area (Å²) in [5, 5.41) is 2.28. The molecular formula is C38H36N4O3. The van der Waals surface area contributed by atoms with Gasteiger partial charge in [0, 0.05) is 55.2 Å². The molecule has 7 nitrogen and oxygen atoms in total. The van der Waals surface area contributed by atoms with Crippen LogP contribution in [0.25, 0.3) is 21.9 Å². The quantitative estimate of drug-likeness (QED) is 0.211. The zero-order chi connectivity index (χ0) is 30.9. The summed E-state index contributed by atoms with van der Waals surface area (Å²) in [6.07, 6.45) is 1.91. The van der Waals surface area contributed by atoms with Crippen molar-refractivity contribution in [3.63, 3.8) is 0 Å². The number of nitrogens with zero attached hydrogens (tertiary/aromatic N) is 4. The van der Waals surface area contributed by atoms with Gasteiger partial charge in [0.25, 0.3) is 11.8 Å². The predicted molar refractivity (Wildman–Crippen MR) is 179 cm³/mol. The number of aromatic nitrogens is 1. The van der Waals surface area contributed by atoms with Crippen molar-refractivity contribution in [2.75, 3.05) is 44.7 Å². The molecule has 226 valence electrons. The SMILES string of the molecule is C=CCN1CCN(C(=O)c2ccc3n2Cc2ccccc2N(C(=O)c2ccc(-c4cccc5ccccc45)c(OC)c2)C3)CC1. The van der Waals surface area contributed by atoms with Crippen molar-refractivity contribution < 1.29 is 14.3 Å². The second-order valence-electron chi connectivity index (χ2n) is 11.6. The number of methoxy groups -OCH3 is 1. The summed E-state index contributed by atoms with van der Waals surface area (Å²) in [5.74, 6) is 0.557. The van der Waals surface area contributed by atoms with E-state index in [4.69, 9.17) is 4.74 Å². The van der Waals surface area contributed by atoms with E-state index in [0.29, 0.717) is 43.2 Å². The van der Waals surface area contributed by atoms with Crippen LogP contribution in [0.4, 0.5) is 5.69 Å². The maximum atomic E-state index is 14.3. The molecule has 0 saturated carbocycles. The van der Waals surface area contributed by atoms with Gasteiger partial charge in [-0.1, -0.05) is 66.7 Å². The standard InChI is InChI=1S/C38H36N4O3/c1-3-19-39-20-22-40(23-21-39)38(44)35-18-16-30-26-42(34-14-7-5-10-29(34)25-41(30)35)37(43)28-15-17-33(36(24-28)45-2)32-13-8-11-27-9-4-6-12-31(27)32/h3-18,24H,1,19-23,25-26H2,2H3. The first kappa shape index (κ1) is 28.6. The fourth-order valence-electron chi connectivity index (χ4n) is 6.67. The van der Waals surface area contributed by atoms with Crippen molar-refractivity contribution >= 4 is 28.3 Å². The number of carbonyl (C=O) groups excluding carboxylic acids is 2. The summed E-state index contributed by atoms with van der Waals surface area (Å²) >= 11 is 0. The molecular weight excluding hydrogens is 560 g/mol. The van der Waals surface area contributed by atoms with Crippen LogP contribution < -0.4 is 9.64 Å². The molecule has 0 atom stereocenters. The Morgan fingerprint density at radius 1 is 0.800 bits per heavy atom. The molecule has 3 heterocycles. The lowest BCUT2D eigenvalue weighted by Crippen LogP contribution is -2.49. The number of amides is 2. The number of piperazine rings is 1. The smallest absolute Gasteiger partial charge is 0.270 e. The summed E-state index contributed by atoms with van der Waals surface area (Å²) in [4.78, 5) is 34.1. The molecule has 4 aromatic carbocycles. The molecule has 45 heavy (non-hydrogen) atoms. The number of hydrogen-bond donors (Lipinski definition) is 0. The Morgan fingerprint density at radius 2 is 1.58 bits per heavy atom. The fourth-order valence-corrected chi connectivity index (χ4v) is 6.67. The van der Waals surface area contributed by atoms with Gasteiger partial charge in [-0.25, -0.2) is 0 Å². The zero-order valence-electron chi connectivity index (χ0n) is 25.5. The maximum Gasteiger partial charge on any atom is 0.270 e. The summed E-state index contributed by atoms with van der Waals surface area (Å²) in [7, 11) is 1.64. The van der Waals surface area contributed by atoms with Gasteiger partial charge in [0.05, 0.1) is 20.2 Å². The average Bonchev–Trinajstić information content (AvgIpc) is 3.40. The molecule has 0 bridgehead atoms. The van der Waals surface area contributed by atoms with E-state index >= 15 is 0 Å². The van der Waals surface area contributed by atoms with E-state index in [9.17, 15) is 9.59 Å². The van der Waals surface area contributed by atoms with Crippen LogP contribution in [0, 0.1) is 0 Å². The third-order valence-corrected chi connectivity index (χ3v) is 9.04. The van der Waals surface area contributed by atoms with Crippen LogP contribution in [-0.2, 0) is 13.1 Å². The second-order valence-corrected chi connectivity index (χ2v) is 11.6. The van der Waals surface area contributed by atoms with E-state index in [0.717, 1.165) is 58.5 Å². The highest BCUT2D eigenvalue weighted by Crippen LogP contribution is 2.37. The number of fused-ring (bicyclic) bond motifs is 3. The van der Waals surface area contributed by atoms with Crippen LogP contribution in [0.3, 0.4) is 0 Å². The summed E-state index contributed by atoms with van der Waals surface area (Å²) in [6, 6.07) is 32.1. The third kappa shape index (κ3) is 5.29. The van der Waals surface area contributed by atoms with Crippen molar-refractivity contribution in [3.05, 3.63) is 132 Å². The van der Waals surface area contributed by atoms with Crippen molar-refractivity contribution in [1.29, 1.82) is 0 Å². The van der Waals surface area contributed by atoms with E-state index < -0.39 is 0 Å². The molecule has 0 spiro atoms. The van der Waals surface area contributed by atoms with Gasteiger partial charge in [0.1, 0.15) is 11.4 Å². The molecule has 1 saturated heterocycles. The Morgan fingerprint density at radius 3 is 2.40 bits per heavy atom. The highest BCUT2D eigenvalue weighted by Gasteiger charge is 2.30. The summed E-state index contributed by atoms with van der Waals surface area (Å²) in [5.41, 5.74) is 5.95. The van der Waals surface area contributed by atoms with Crippen LogP contribution >= 0.6 is 0 Å². The molecule has 0 unspecified atom stereocenters. The highest BCUT2D eigenvalue weighted by molar-refractivity contribution is 6.08. The zero-order valence-corrected chi connectivity index (χ0v) is 25.5. The van der Waals surface area contributed by atoms with Gasteiger partial charge in [0.2, 0.25) is 0 Å². The molecule has 2 aliphatic rings.